The topological polar surface area (TPSA) is 83.9 Å². The van der Waals surface area contributed by atoms with Crippen molar-refractivity contribution in [3.63, 3.8) is 0 Å². The fourth-order valence-electron chi connectivity index (χ4n) is 2.46. The van der Waals surface area contributed by atoms with Gasteiger partial charge in [0.1, 0.15) is 12.0 Å². The summed E-state index contributed by atoms with van der Waals surface area (Å²) in [5, 5.41) is 10.4. The molecule has 2 rings (SSSR count). The molecule has 7 heteroatoms. The first-order valence-corrected chi connectivity index (χ1v) is 8.73. The molecular formula is C17H19NO5S. The van der Waals surface area contributed by atoms with E-state index in [0.717, 1.165) is 9.87 Å². The summed E-state index contributed by atoms with van der Waals surface area (Å²) in [7, 11) is -2.54. The van der Waals surface area contributed by atoms with Gasteiger partial charge in [0.05, 0.1) is 17.6 Å². The maximum Gasteiger partial charge on any atom is 0.264 e. The smallest absolute Gasteiger partial charge is 0.264 e. The molecule has 24 heavy (non-hydrogen) atoms. The molecule has 1 aromatic rings. The first-order valence-electron chi connectivity index (χ1n) is 7.29. The van der Waals surface area contributed by atoms with Gasteiger partial charge in [0.15, 0.2) is 11.5 Å². The lowest BCUT2D eigenvalue weighted by Gasteiger charge is -2.25. The van der Waals surface area contributed by atoms with E-state index in [1.165, 1.54) is 32.4 Å². The van der Waals surface area contributed by atoms with Gasteiger partial charge >= 0.3 is 0 Å². The van der Waals surface area contributed by atoms with Crippen LogP contribution in [0.4, 0.5) is 0 Å². The molecule has 0 bridgehead atoms. The van der Waals surface area contributed by atoms with Crippen molar-refractivity contribution in [2.24, 2.45) is 0 Å². The molecule has 1 N–H and O–H groups in total. The van der Waals surface area contributed by atoms with Gasteiger partial charge in [-0.1, -0.05) is 23.8 Å². The van der Waals surface area contributed by atoms with Crippen molar-refractivity contribution in [2.45, 2.75) is 31.2 Å². The Morgan fingerprint density at radius 1 is 1.33 bits per heavy atom. The van der Waals surface area contributed by atoms with Gasteiger partial charge in [-0.3, -0.25) is 4.31 Å². The zero-order valence-corrected chi connectivity index (χ0v) is 14.5. The Morgan fingerprint density at radius 2 is 1.96 bits per heavy atom. The van der Waals surface area contributed by atoms with Crippen molar-refractivity contribution in [1.29, 1.82) is 0 Å². The Hall–Kier alpha value is -2.50. The van der Waals surface area contributed by atoms with Crippen LogP contribution in [0.15, 0.2) is 58.5 Å². The van der Waals surface area contributed by atoms with E-state index in [9.17, 15) is 18.3 Å². The van der Waals surface area contributed by atoms with Crippen LogP contribution in [0.25, 0.3) is 0 Å². The van der Waals surface area contributed by atoms with Crippen molar-refractivity contribution in [2.75, 3.05) is 7.11 Å². The lowest BCUT2D eigenvalue weighted by Crippen LogP contribution is -2.35. The van der Waals surface area contributed by atoms with Crippen LogP contribution in [-0.2, 0) is 19.6 Å². The van der Waals surface area contributed by atoms with E-state index in [4.69, 9.17) is 4.74 Å². The Morgan fingerprint density at radius 3 is 2.50 bits per heavy atom. The van der Waals surface area contributed by atoms with Gasteiger partial charge in [-0.05, 0) is 32.4 Å². The first kappa shape index (κ1) is 17.8. The van der Waals surface area contributed by atoms with Gasteiger partial charge in [-0.25, -0.2) is 13.2 Å². The molecule has 0 saturated carbocycles. The Kier molecular flexibility index (Phi) is 5.17. The van der Waals surface area contributed by atoms with E-state index in [1.54, 1.807) is 24.2 Å². The number of hydrogen-bond acceptors (Lipinski definition) is 5. The van der Waals surface area contributed by atoms with E-state index in [1.807, 2.05) is 6.92 Å². The summed E-state index contributed by atoms with van der Waals surface area (Å²) in [5.41, 5.74) is 1.01. The van der Waals surface area contributed by atoms with Gasteiger partial charge < -0.3 is 9.84 Å². The second kappa shape index (κ2) is 6.95. The molecule has 6 nitrogen and oxygen atoms in total. The van der Waals surface area contributed by atoms with Crippen LogP contribution in [-0.4, -0.2) is 36.9 Å². The first-order chi connectivity index (χ1) is 11.3. The van der Waals surface area contributed by atoms with Gasteiger partial charge in [0, 0.05) is 6.20 Å². The van der Waals surface area contributed by atoms with Crippen molar-refractivity contribution >= 4 is 16.0 Å². The maximum absolute atomic E-state index is 12.8. The number of ether oxygens (including phenoxy) is 1. The molecule has 0 aromatic heterocycles. The number of nitrogens with zero attached hydrogens (tertiary/aromatic N) is 1. The molecule has 0 spiro atoms. The monoisotopic (exact) mass is 349 g/mol. The van der Waals surface area contributed by atoms with E-state index < -0.39 is 16.1 Å². The van der Waals surface area contributed by atoms with Crippen LogP contribution >= 0.6 is 0 Å². The molecule has 1 aromatic carbocycles. The average molecular weight is 349 g/mol. The average Bonchev–Trinajstić information content (AvgIpc) is 3.06. The summed E-state index contributed by atoms with van der Waals surface area (Å²) in [6, 6.07) is 5.58. The Labute approximate surface area is 141 Å². The van der Waals surface area contributed by atoms with Gasteiger partial charge in [0.2, 0.25) is 0 Å². The van der Waals surface area contributed by atoms with Crippen LogP contribution < -0.4 is 0 Å². The normalized spacial score (nSPS) is 18.1. The third-order valence-electron chi connectivity index (χ3n) is 3.76. The fourth-order valence-corrected chi connectivity index (χ4v) is 3.95. The molecule has 0 fully saturated rings. The third-order valence-corrected chi connectivity index (χ3v) is 5.56. The molecule has 1 aliphatic rings. The van der Waals surface area contributed by atoms with Crippen LogP contribution in [0.3, 0.4) is 0 Å². The van der Waals surface area contributed by atoms with Crippen molar-refractivity contribution < 1.29 is 23.1 Å². The van der Waals surface area contributed by atoms with Crippen LogP contribution in [0, 0.1) is 6.92 Å². The minimum atomic E-state index is -3.83. The second-order valence-electron chi connectivity index (χ2n) is 5.43. The molecule has 0 aliphatic carbocycles. The molecule has 1 unspecified atom stereocenters. The second-order valence-corrected chi connectivity index (χ2v) is 7.27. The van der Waals surface area contributed by atoms with Crippen molar-refractivity contribution in [3.05, 3.63) is 59.2 Å². The number of sulfonamides is 1. The van der Waals surface area contributed by atoms with E-state index in [0.29, 0.717) is 0 Å². The molecule has 0 saturated heterocycles. The summed E-state index contributed by atoms with van der Waals surface area (Å²) in [4.78, 5) is 10.9. The van der Waals surface area contributed by atoms with Gasteiger partial charge in [0.25, 0.3) is 10.0 Å². The Balaban J connectivity index is 2.46. The minimum Gasteiger partial charge on any atom is -0.506 e. The summed E-state index contributed by atoms with van der Waals surface area (Å²) < 4.78 is 31.8. The number of hydrogen-bond donors (Lipinski definition) is 1. The highest BCUT2D eigenvalue weighted by Gasteiger charge is 2.35. The number of carbonyl (C=O) groups excluding carboxylic acids is 1. The lowest BCUT2D eigenvalue weighted by molar-refractivity contribution is 0.233. The van der Waals surface area contributed by atoms with Gasteiger partial charge in [-0.2, -0.15) is 0 Å². The highest BCUT2D eigenvalue weighted by Crippen LogP contribution is 2.30. The molecule has 1 atom stereocenters. The zero-order valence-electron chi connectivity index (χ0n) is 13.7. The summed E-state index contributed by atoms with van der Waals surface area (Å²) in [6.45, 7) is 3.30. The highest BCUT2D eigenvalue weighted by atomic mass is 32.2. The predicted molar refractivity (Wildman–Crippen MR) is 89.3 cm³/mol. The minimum absolute atomic E-state index is 0.0644. The number of benzene rings is 1. The molecule has 0 amide bonds. The van der Waals surface area contributed by atoms with E-state index >= 15 is 0 Å². The number of methoxy groups -OCH3 is 1. The predicted octanol–water partition coefficient (Wildman–Crippen LogP) is 2.47. The number of allylic oxidation sites excluding steroid dienone is 1. The van der Waals surface area contributed by atoms with Crippen molar-refractivity contribution in [1.82, 2.24) is 4.31 Å². The molecule has 1 aliphatic heterocycles. The summed E-state index contributed by atoms with van der Waals surface area (Å²) in [5.74, 6) is 1.26. The number of aliphatic hydroxyl groups excluding tert-OH is 1. The Bertz CT molecular complexity index is 830. The number of aryl methyl sites for hydroxylation is 1. The number of aliphatic hydroxyl groups is 1. The molecule has 0 radical (unpaired) electrons. The van der Waals surface area contributed by atoms with Gasteiger partial charge in [-0.15, -0.1) is 0 Å². The standard InChI is InChI=1S/C17H19NO5S/c1-12-6-8-14(9-7-12)24(21,22)18-10-4-5-15(18)16(20)17(23-3)13(2)11-19/h4,6-10,15,20H,5H2,1-3H3/b17-16-. The van der Waals surface area contributed by atoms with Crippen molar-refractivity contribution in [3.8, 4) is 0 Å². The quantitative estimate of drug-likeness (QED) is 0.501. The summed E-state index contributed by atoms with van der Waals surface area (Å²) >= 11 is 0. The SMILES string of the molecule is CO/C(C(C)=C=O)=C(\O)C1CC=CN1S(=O)(=O)c1ccc(C)cc1. The summed E-state index contributed by atoms with van der Waals surface area (Å²) in [6.07, 6.45) is 3.32. The van der Waals surface area contributed by atoms with Crippen LogP contribution in [0.2, 0.25) is 0 Å². The molecule has 128 valence electrons. The fraction of sp³-hybridized carbons (Fsp3) is 0.294. The largest absolute Gasteiger partial charge is 0.506 e. The zero-order chi connectivity index (χ0) is 17.9. The highest BCUT2D eigenvalue weighted by molar-refractivity contribution is 7.89. The number of rotatable bonds is 5. The maximum atomic E-state index is 12.8. The lowest BCUT2D eigenvalue weighted by atomic mass is 10.1. The molecular weight excluding hydrogens is 330 g/mol. The van der Waals surface area contributed by atoms with E-state index in [2.05, 4.69) is 0 Å². The molecule has 1 heterocycles. The third kappa shape index (κ3) is 3.22. The van der Waals surface area contributed by atoms with Crippen LogP contribution in [0.1, 0.15) is 18.9 Å². The van der Waals surface area contributed by atoms with E-state index in [-0.39, 0.29) is 28.4 Å². The van der Waals surface area contributed by atoms with Crippen LogP contribution in [0.5, 0.6) is 0 Å².